The van der Waals surface area contributed by atoms with E-state index in [1.165, 1.54) is 23.9 Å². The van der Waals surface area contributed by atoms with Crippen LogP contribution < -0.4 is 5.32 Å². The molecule has 1 amide bonds. The van der Waals surface area contributed by atoms with Crippen molar-refractivity contribution < 1.29 is 14.1 Å². The van der Waals surface area contributed by atoms with Crippen molar-refractivity contribution in [3.05, 3.63) is 70.1 Å². The fraction of sp³-hybridized carbons (Fsp3) is 0.111. The molecular weight excluding hydrogens is 354 g/mol. The smallest absolute Gasteiger partial charge is 0.282 e. The van der Waals surface area contributed by atoms with E-state index < -0.39 is 10.8 Å². The Morgan fingerprint density at radius 1 is 1.27 bits per heavy atom. The van der Waals surface area contributed by atoms with E-state index in [0.717, 1.165) is 4.90 Å². The Morgan fingerprint density at radius 3 is 2.73 bits per heavy atom. The summed E-state index contributed by atoms with van der Waals surface area (Å²) >= 11 is 1.41. The van der Waals surface area contributed by atoms with Gasteiger partial charge in [-0.3, -0.25) is 14.9 Å². The second kappa shape index (κ2) is 7.40. The summed E-state index contributed by atoms with van der Waals surface area (Å²) in [5.74, 6) is 0.571. The van der Waals surface area contributed by atoms with Crippen LogP contribution in [-0.2, 0) is 0 Å². The van der Waals surface area contributed by atoms with Crippen molar-refractivity contribution in [3.8, 4) is 11.5 Å². The Kier molecular flexibility index (Phi) is 5.04. The van der Waals surface area contributed by atoms with Gasteiger partial charge in [-0.1, -0.05) is 6.07 Å². The molecule has 0 radical (unpaired) electrons. The van der Waals surface area contributed by atoms with Gasteiger partial charge in [0.25, 0.3) is 11.6 Å². The molecule has 0 spiro atoms. The number of amides is 1. The lowest BCUT2D eigenvalue weighted by molar-refractivity contribution is -0.385. The van der Waals surface area contributed by atoms with Crippen LogP contribution in [0.25, 0.3) is 11.5 Å². The number of benzene rings is 2. The maximum atomic E-state index is 12.6. The minimum absolute atomic E-state index is 0.0132. The topological polar surface area (TPSA) is 98.3 Å². The van der Waals surface area contributed by atoms with Gasteiger partial charge in [0, 0.05) is 22.2 Å². The van der Waals surface area contributed by atoms with Crippen LogP contribution in [0.15, 0.2) is 58.0 Å². The molecule has 2 aromatic carbocycles. The molecule has 26 heavy (non-hydrogen) atoms. The van der Waals surface area contributed by atoms with E-state index in [0.29, 0.717) is 22.9 Å². The first-order chi connectivity index (χ1) is 12.5. The van der Waals surface area contributed by atoms with Crippen molar-refractivity contribution in [2.75, 3.05) is 11.6 Å². The Labute approximate surface area is 153 Å². The summed E-state index contributed by atoms with van der Waals surface area (Å²) in [7, 11) is 0. The maximum Gasteiger partial charge on any atom is 0.282 e. The van der Waals surface area contributed by atoms with Crippen LogP contribution in [0.5, 0.6) is 0 Å². The Hall–Kier alpha value is -3.13. The molecule has 1 heterocycles. The van der Waals surface area contributed by atoms with Gasteiger partial charge in [-0.15, -0.1) is 11.8 Å². The summed E-state index contributed by atoms with van der Waals surface area (Å²) in [6, 6.07) is 11.4. The zero-order valence-corrected chi connectivity index (χ0v) is 14.9. The number of oxazole rings is 1. The van der Waals surface area contributed by atoms with Gasteiger partial charge >= 0.3 is 0 Å². The molecule has 0 aliphatic heterocycles. The van der Waals surface area contributed by atoms with E-state index in [1.807, 2.05) is 6.26 Å². The minimum Gasteiger partial charge on any atom is -0.441 e. The first kappa shape index (κ1) is 17.7. The molecule has 3 rings (SSSR count). The molecule has 1 N–H and O–H groups in total. The van der Waals surface area contributed by atoms with Crippen molar-refractivity contribution in [3.63, 3.8) is 0 Å². The lowest BCUT2D eigenvalue weighted by atomic mass is 10.1. The van der Waals surface area contributed by atoms with Crippen LogP contribution in [0.4, 0.5) is 11.4 Å². The van der Waals surface area contributed by atoms with Crippen LogP contribution in [-0.4, -0.2) is 22.1 Å². The lowest BCUT2D eigenvalue weighted by Gasteiger charge is -2.08. The molecule has 1 aromatic heterocycles. The van der Waals surface area contributed by atoms with Crippen LogP contribution in [0.3, 0.4) is 0 Å². The predicted octanol–water partition coefficient (Wildman–Crippen LogP) is 4.53. The second-order valence-corrected chi connectivity index (χ2v) is 6.33. The largest absolute Gasteiger partial charge is 0.441 e. The summed E-state index contributed by atoms with van der Waals surface area (Å²) in [5.41, 5.74) is 0.967. The number of aryl methyl sites for hydroxylation is 1. The van der Waals surface area contributed by atoms with E-state index >= 15 is 0 Å². The number of aromatic nitrogens is 1. The number of nitrogens with zero attached hydrogens (tertiary/aromatic N) is 2. The fourth-order valence-corrected chi connectivity index (χ4v) is 2.84. The normalized spacial score (nSPS) is 10.5. The van der Waals surface area contributed by atoms with Gasteiger partial charge in [0.15, 0.2) is 0 Å². The highest BCUT2D eigenvalue weighted by molar-refractivity contribution is 7.98. The Morgan fingerprint density at radius 2 is 2.08 bits per heavy atom. The third kappa shape index (κ3) is 3.75. The highest BCUT2D eigenvalue weighted by Gasteiger charge is 2.21. The molecule has 132 valence electrons. The molecule has 0 unspecified atom stereocenters. The van der Waals surface area contributed by atoms with Gasteiger partial charge in [0.2, 0.25) is 5.89 Å². The monoisotopic (exact) mass is 369 g/mol. The average molecular weight is 369 g/mol. The summed E-state index contributed by atoms with van der Waals surface area (Å²) in [5, 5.41) is 13.9. The van der Waals surface area contributed by atoms with E-state index in [9.17, 15) is 14.9 Å². The van der Waals surface area contributed by atoms with Crippen molar-refractivity contribution in [2.45, 2.75) is 11.8 Å². The first-order valence-corrected chi connectivity index (χ1v) is 8.87. The maximum absolute atomic E-state index is 12.6. The third-order valence-electron chi connectivity index (χ3n) is 3.63. The molecular formula is C18H15N3O4S. The van der Waals surface area contributed by atoms with Gasteiger partial charge in [0.05, 0.1) is 11.1 Å². The molecule has 7 nitrogen and oxygen atoms in total. The molecule has 0 saturated heterocycles. The summed E-state index contributed by atoms with van der Waals surface area (Å²) in [4.78, 5) is 28.2. The number of hydrogen-bond donors (Lipinski definition) is 1. The zero-order valence-electron chi connectivity index (χ0n) is 14.1. The number of anilines is 1. The van der Waals surface area contributed by atoms with Crippen LogP contribution in [0, 0.1) is 17.0 Å². The number of nitro groups is 1. The van der Waals surface area contributed by atoms with Gasteiger partial charge in [0.1, 0.15) is 11.3 Å². The SMILES string of the molecule is CSc1ccc([N+](=O)[O-])c(C(=O)Nc2cccc(-c3ncc(C)o3)c2)c1. The van der Waals surface area contributed by atoms with Gasteiger partial charge in [-0.25, -0.2) is 4.98 Å². The quantitative estimate of drug-likeness (QED) is 0.403. The average Bonchev–Trinajstić information content (AvgIpc) is 3.07. The number of carbonyl (C=O) groups excluding carboxylic acids is 1. The van der Waals surface area contributed by atoms with E-state index in [1.54, 1.807) is 43.5 Å². The molecule has 0 saturated carbocycles. The van der Waals surface area contributed by atoms with E-state index in [2.05, 4.69) is 10.3 Å². The Bertz CT molecular complexity index is 984. The van der Waals surface area contributed by atoms with E-state index in [4.69, 9.17) is 4.42 Å². The third-order valence-corrected chi connectivity index (χ3v) is 4.36. The molecule has 0 aliphatic rings. The molecule has 3 aromatic rings. The lowest BCUT2D eigenvalue weighted by Crippen LogP contribution is -2.14. The fourth-order valence-electron chi connectivity index (χ4n) is 2.40. The van der Waals surface area contributed by atoms with Crippen molar-refractivity contribution in [1.29, 1.82) is 0 Å². The minimum atomic E-state index is -0.564. The number of nitro benzene ring substituents is 1. The first-order valence-electron chi connectivity index (χ1n) is 7.64. The summed E-state index contributed by atoms with van der Waals surface area (Å²) in [6.45, 7) is 1.79. The van der Waals surface area contributed by atoms with Crippen LogP contribution >= 0.6 is 11.8 Å². The summed E-state index contributed by atoms with van der Waals surface area (Å²) in [6.07, 6.45) is 3.45. The summed E-state index contributed by atoms with van der Waals surface area (Å²) < 4.78 is 5.48. The van der Waals surface area contributed by atoms with Crippen molar-refractivity contribution >= 4 is 29.0 Å². The zero-order chi connectivity index (χ0) is 18.7. The molecule has 0 aliphatic carbocycles. The second-order valence-electron chi connectivity index (χ2n) is 5.45. The van der Waals surface area contributed by atoms with Crippen molar-refractivity contribution in [2.24, 2.45) is 0 Å². The van der Waals surface area contributed by atoms with Gasteiger partial charge in [-0.2, -0.15) is 0 Å². The molecule has 0 atom stereocenters. The Balaban J connectivity index is 1.90. The number of rotatable bonds is 5. The van der Waals surface area contributed by atoms with Crippen LogP contribution in [0.1, 0.15) is 16.1 Å². The molecule has 8 heteroatoms. The number of nitrogens with one attached hydrogen (secondary N) is 1. The highest BCUT2D eigenvalue weighted by atomic mass is 32.2. The standard InChI is InChI=1S/C18H15N3O4S/c1-11-10-19-18(25-11)12-4-3-5-13(8-12)20-17(22)15-9-14(26-2)6-7-16(15)21(23)24/h3-10H,1-2H3,(H,20,22). The molecule has 0 bridgehead atoms. The number of hydrogen-bond acceptors (Lipinski definition) is 6. The van der Waals surface area contributed by atoms with Crippen LogP contribution in [0.2, 0.25) is 0 Å². The predicted molar refractivity (Wildman–Crippen MR) is 99.5 cm³/mol. The van der Waals surface area contributed by atoms with Gasteiger partial charge in [-0.05, 0) is 43.5 Å². The number of thioether (sulfide) groups is 1. The van der Waals surface area contributed by atoms with E-state index in [-0.39, 0.29) is 11.3 Å². The number of carbonyl (C=O) groups is 1. The highest BCUT2D eigenvalue weighted by Crippen LogP contribution is 2.27. The van der Waals surface area contributed by atoms with Gasteiger partial charge < -0.3 is 9.73 Å². The molecule has 0 fully saturated rings. The van der Waals surface area contributed by atoms with Crippen molar-refractivity contribution in [1.82, 2.24) is 4.98 Å².